The van der Waals surface area contributed by atoms with E-state index < -0.39 is 0 Å². The molecule has 2 fully saturated rings. The quantitative estimate of drug-likeness (QED) is 0.623. The third-order valence-corrected chi connectivity index (χ3v) is 6.91. The number of halogens is 3. The molecular formula is C22H26Cl3N5O. The fourth-order valence-corrected chi connectivity index (χ4v) is 5.01. The number of nitrogens with one attached hydrogen (secondary N) is 2. The van der Waals surface area contributed by atoms with Crippen molar-refractivity contribution in [3.63, 3.8) is 0 Å². The highest BCUT2D eigenvalue weighted by atomic mass is 35.5. The lowest BCUT2D eigenvalue weighted by Gasteiger charge is -2.33. The number of nitrogens with zero attached hydrogens (tertiary/aromatic N) is 3. The number of aromatic nitrogens is 2. The zero-order chi connectivity index (χ0) is 22.0. The van der Waals surface area contributed by atoms with Crippen LogP contribution in [0.3, 0.4) is 0 Å². The van der Waals surface area contributed by atoms with Gasteiger partial charge < -0.3 is 15.5 Å². The van der Waals surface area contributed by atoms with Crippen molar-refractivity contribution >= 4 is 46.5 Å². The number of carbonyl (C=O) groups excluding carboxylic acids is 1. The molecule has 2 aliphatic heterocycles. The zero-order valence-electron chi connectivity index (χ0n) is 17.4. The van der Waals surface area contributed by atoms with E-state index >= 15 is 0 Å². The Balaban J connectivity index is 1.41. The van der Waals surface area contributed by atoms with Gasteiger partial charge in [0.25, 0.3) is 0 Å². The molecule has 2 N–H and O–H groups in total. The smallest absolute Gasteiger partial charge is 0.239 e. The van der Waals surface area contributed by atoms with Gasteiger partial charge in [-0.25, -0.2) is 9.97 Å². The Bertz CT molecular complexity index is 943. The first kappa shape index (κ1) is 22.6. The summed E-state index contributed by atoms with van der Waals surface area (Å²) in [6, 6.07) is 5.30. The molecule has 0 spiro atoms. The highest BCUT2D eigenvalue weighted by Gasteiger charge is 2.31. The Kier molecular flexibility index (Phi) is 7.22. The van der Waals surface area contributed by atoms with Crippen LogP contribution in [0.1, 0.15) is 56.0 Å². The first-order valence-electron chi connectivity index (χ1n) is 10.7. The molecule has 31 heavy (non-hydrogen) atoms. The third-order valence-electron chi connectivity index (χ3n) is 6.08. The maximum atomic E-state index is 12.6. The van der Waals surface area contributed by atoms with E-state index in [0.29, 0.717) is 20.9 Å². The minimum absolute atomic E-state index is 0.0136. The Labute approximate surface area is 197 Å². The van der Waals surface area contributed by atoms with E-state index in [1.54, 1.807) is 12.3 Å². The number of rotatable bonds is 5. The molecule has 6 nitrogen and oxygen atoms in total. The summed E-state index contributed by atoms with van der Waals surface area (Å²) in [7, 11) is 0. The summed E-state index contributed by atoms with van der Waals surface area (Å²) in [5, 5.41) is 8.28. The van der Waals surface area contributed by atoms with Crippen LogP contribution in [0.15, 0.2) is 24.4 Å². The van der Waals surface area contributed by atoms with E-state index in [1.807, 2.05) is 24.0 Å². The number of amides is 1. The van der Waals surface area contributed by atoms with Crippen molar-refractivity contribution in [1.29, 1.82) is 0 Å². The lowest BCUT2D eigenvalue weighted by atomic mass is 9.95. The van der Waals surface area contributed by atoms with Crippen LogP contribution in [-0.4, -0.2) is 46.5 Å². The highest BCUT2D eigenvalue weighted by Crippen LogP contribution is 2.32. The molecule has 0 aliphatic carbocycles. The molecule has 4 rings (SSSR count). The first-order valence-corrected chi connectivity index (χ1v) is 11.8. The molecule has 0 bridgehead atoms. The lowest BCUT2D eigenvalue weighted by Crippen LogP contribution is -2.46. The van der Waals surface area contributed by atoms with Gasteiger partial charge in [0.2, 0.25) is 5.91 Å². The Hall–Kier alpha value is -1.60. The second-order valence-electron chi connectivity index (χ2n) is 8.21. The maximum absolute atomic E-state index is 12.6. The van der Waals surface area contributed by atoms with Crippen LogP contribution in [0.2, 0.25) is 15.1 Å². The summed E-state index contributed by atoms with van der Waals surface area (Å²) < 4.78 is 0. The fraction of sp³-hybridized carbons (Fsp3) is 0.500. The van der Waals surface area contributed by atoms with Crippen molar-refractivity contribution in [2.45, 2.75) is 50.6 Å². The van der Waals surface area contributed by atoms with Gasteiger partial charge >= 0.3 is 0 Å². The minimum Gasteiger partial charge on any atom is -0.362 e. The van der Waals surface area contributed by atoms with Gasteiger partial charge in [-0.2, -0.15) is 0 Å². The largest absolute Gasteiger partial charge is 0.362 e. The molecule has 1 aromatic carbocycles. The Morgan fingerprint density at radius 1 is 1.19 bits per heavy atom. The summed E-state index contributed by atoms with van der Waals surface area (Å²) in [5.41, 5.74) is 0.912. The number of likely N-dealkylation sites (tertiary alicyclic amines) is 1. The molecule has 2 saturated heterocycles. The number of hydrogen-bond acceptors (Lipinski definition) is 5. The second kappa shape index (κ2) is 9.90. The predicted molar refractivity (Wildman–Crippen MR) is 125 cm³/mol. The minimum atomic E-state index is -0.108. The molecule has 1 unspecified atom stereocenters. The van der Waals surface area contributed by atoms with E-state index in [4.69, 9.17) is 39.8 Å². The van der Waals surface area contributed by atoms with Crippen molar-refractivity contribution < 1.29 is 4.79 Å². The Morgan fingerprint density at radius 2 is 1.97 bits per heavy atom. The third kappa shape index (κ3) is 5.25. The molecule has 2 aromatic rings. The maximum Gasteiger partial charge on any atom is 0.239 e. The van der Waals surface area contributed by atoms with Gasteiger partial charge in [0.1, 0.15) is 16.7 Å². The Morgan fingerprint density at radius 3 is 2.65 bits per heavy atom. The average molecular weight is 483 g/mol. The van der Waals surface area contributed by atoms with Gasteiger partial charge in [0.15, 0.2) is 0 Å². The van der Waals surface area contributed by atoms with Crippen molar-refractivity contribution in [3.8, 4) is 0 Å². The van der Waals surface area contributed by atoms with E-state index in [2.05, 4.69) is 15.6 Å². The van der Waals surface area contributed by atoms with Crippen LogP contribution in [0, 0.1) is 0 Å². The van der Waals surface area contributed by atoms with Crippen molar-refractivity contribution in [2.24, 2.45) is 0 Å². The van der Waals surface area contributed by atoms with Crippen LogP contribution in [0.25, 0.3) is 0 Å². The molecule has 0 saturated carbocycles. The first-order chi connectivity index (χ1) is 14.9. The zero-order valence-corrected chi connectivity index (χ0v) is 19.6. The normalized spacial score (nSPS) is 20.6. The number of carbonyl (C=O) groups is 1. The number of benzene rings is 1. The topological polar surface area (TPSA) is 70.2 Å². The monoisotopic (exact) mass is 481 g/mol. The van der Waals surface area contributed by atoms with Crippen molar-refractivity contribution in [2.75, 3.05) is 25.0 Å². The molecule has 1 aromatic heterocycles. The molecule has 2 atom stereocenters. The highest BCUT2D eigenvalue weighted by molar-refractivity contribution is 6.35. The summed E-state index contributed by atoms with van der Waals surface area (Å²) in [4.78, 5) is 23.8. The fourth-order valence-electron chi connectivity index (χ4n) is 4.29. The summed E-state index contributed by atoms with van der Waals surface area (Å²) >= 11 is 18.7. The van der Waals surface area contributed by atoms with E-state index in [0.717, 1.165) is 56.7 Å². The number of anilines is 1. The van der Waals surface area contributed by atoms with E-state index in [-0.39, 0.29) is 23.9 Å². The van der Waals surface area contributed by atoms with Crippen LogP contribution in [0.4, 0.5) is 5.82 Å². The second-order valence-corrected chi connectivity index (χ2v) is 9.46. The van der Waals surface area contributed by atoms with Crippen molar-refractivity contribution in [3.05, 3.63) is 50.9 Å². The molecule has 0 radical (unpaired) electrons. The van der Waals surface area contributed by atoms with Gasteiger partial charge in [-0.3, -0.25) is 4.79 Å². The van der Waals surface area contributed by atoms with Gasteiger partial charge in [0, 0.05) is 29.1 Å². The van der Waals surface area contributed by atoms with Gasteiger partial charge in [-0.1, -0.05) is 40.9 Å². The van der Waals surface area contributed by atoms with Gasteiger partial charge in [0.05, 0.1) is 18.3 Å². The van der Waals surface area contributed by atoms with Crippen LogP contribution >= 0.6 is 34.8 Å². The number of piperidine rings is 1. The molecule has 1 amide bonds. The summed E-state index contributed by atoms with van der Waals surface area (Å²) in [6.07, 6.45) is 5.34. The molecule has 9 heteroatoms. The van der Waals surface area contributed by atoms with Crippen molar-refractivity contribution in [1.82, 2.24) is 20.2 Å². The van der Waals surface area contributed by atoms with Gasteiger partial charge in [-0.15, -0.1) is 0 Å². The van der Waals surface area contributed by atoms with Crippen LogP contribution in [-0.2, 0) is 4.79 Å². The van der Waals surface area contributed by atoms with Gasteiger partial charge in [-0.05, 0) is 56.8 Å². The number of hydrogen-bond donors (Lipinski definition) is 2. The van der Waals surface area contributed by atoms with Crippen LogP contribution < -0.4 is 10.6 Å². The standard InChI is InChI=1S/C22H26Cl3N5O/c1-13(16-5-4-15(23)11-17(16)24)28-21-18(25)12-27-20(29-21)14-6-9-30(10-7-14)22(31)19-3-2-8-26-19/h4-5,11-14,19,26H,2-3,6-10H2,1H3,(H,27,28,29)/t13?,19-/m1/s1. The van der Waals surface area contributed by atoms with E-state index in [9.17, 15) is 4.79 Å². The van der Waals surface area contributed by atoms with Crippen LogP contribution in [0.5, 0.6) is 0 Å². The molecule has 2 aliphatic rings. The molecule has 166 valence electrons. The predicted octanol–water partition coefficient (Wildman–Crippen LogP) is 5.07. The summed E-state index contributed by atoms with van der Waals surface area (Å²) in [5.74, 6) is 1.77. The molecule has 3 heterocycles. The lowest BCUT2D eigenvalue weighted by molar-refractivity contribution is -0.134. The molecular weight excluding hydrogens is 457 g/mol. The summed E-state index contributed by atoms with van der Waals surface area (Å²) in [6.45, 7) is 4.38. The SMILES string of the molecule is CC(Nc1nc(C2CCN(C(=O)[C@H]3CCCN3)CC2)ncc1Cl)c1ccc(Cl)cc1Cl. The van der Waals surface area contributed by atoms with E-state index in [1.165, 1.54) is 0 Å². The average Bonchev–Trinajstić information content (AvgIpc) is 3.30.